The van der Waals surface area contributed by atoms with Gasteiger partial charge in [-0.2, -0.15) is 0 Å². The fraction of sp³-hybridized carbons (Fsp3) is 0.591. The maximum atomic E-state index is 12.2. The molecule has 154 valence electrons. The average molecular weight is 388 g/mol. The molecule has 1 atom stereocenters. The van der Waals surface area contributed by atoms with E-state index in [4.69, 9.17) is 9.47 Å². The van der Waals surface area contributed by atoms with Crippen molar-refractivity contribution < 1.29 is 14.3 Å². The zero-order valence-electron chi connectivity index (χ0n) is 17.7. The van der Waals surface area contributed by atoms with Gasteiger partial charge in [-0.3, -0.25) is 9.69 Å². The van der Waals surface area contributed by atoms with E-state index in [1.807, 2.05) is 17.0 Å². The highest BCUT2D eigenvalue weighted by atomic mass is 16.5. The second-order valence-electron chi connectivity index (χ2n) is 7.77. The van der Waals surface area contributed by atoms with Crippen molar-refractivity contribution in [1.82, 2.24) is 15.1 Å². The number of fused-ring (bicyclic) bond motifs is 1. The highest BCUT2D eigenvalue weighted by molar-refractivity contribution is 5.58. The number of methoxy groups -OCH3 is 2. The Labute approximate surface area is 168 Å². The Balaban J connectivity index is 2.14. The first-order valence-corrected chi connectivity index (χ1v) is 10.1. The second kappa shape index (κ2) is 8.53. The number of benzene rings is 1. The van der Waals surface area contributed by atoms with Crippen molar-refractivity contribution in [3.8, 4) is 11.5 Å². The number of hydrogen-bond acceptors (Lipinski definition) is 5. The number of nitrogens with one attached hydrogen (secondary N) is 1. The van der Waals surface area contributed by atoms with Crippen LogP contribution in [0.4, 0.5) is 0 Å². The first kappa shape index (κ1) is 20.7. The highest BCUT2D eigenvalue weighted by Crippen LogP contribution is 2.43. The molecule has 0 unspecified atom stereocenters. The molecule has 1 aromatic carbocycles. The van der Waals surface area contributed by atoms with Crippen molar-refractivity contribution >= 4 is 6.41 Å². The minimum atomic E-state index is -0.144. The summed E-state index contributed by atoms with van der Waals surface area (Å²) in [6.07, 6.45) is 5.22. The zero-order valence-corrected chi connectivity index (χ0v) is 17.7. The van der Waals surface area contributed by atoms with Gasteiger partial charge in [0.1, 0.15) is 11.5 Å². The molecule has 0 saturated carbocycles. The number of carbonyl (C=O) groups is 1. The van der Waals surface area contributed by atoms with Crippen molar-refractivity contribution in [1.29, 1.82) is 0 Å². The molecule has 1 amide bonds. The highest BCUT2D eigenvalue weighted by Gasteiger charge is 2.43. The van der Waals surface area contributed by atoms with Gasteiger partial charge in [-0.25, -0.2) is 0 Å². The maximum absolute atomic E-state index is 12.2. The van der Waals surface area contributed by atoms with Crippen LogP contribution in [0.5, 0.6) is 11.5 Å². The largest absolute Gasteiger partial charge is 0.497 e. The van der Waals surface area contributed by atoms with Crippen molar-refractivity contribution in [2.45, 2.75) is 44.7 Å². The number of ether oxygens (including phenoxy) is 2. The van der Waals surface area contributed by atoms with Crippen LogP contribution in [0.2, 0.25) is 0 Å². The van der Waals surface area contributed by atoms with Crippen LogP contribution in [-0.4, -0.2) is 62.7 Å². The first-order valence-electron chi connectivity index (χ1n) is 10.1. The standard InChI is InChI=1S/C22H33N3O3/c1-6-24(3)22(7-9-23-10-8-22)20-11-16(2)21-17(14-25(20)15-26)12-18(27-4)13-19(21)28-5/h11-13,15-16,23H,6-10,14H2,1-5H3/t16-/m0/s1. The third kappa shape index (κ3) is 3.51. The lowest BCUT2D eigenvalue weighted by Gasteiger charge is -2.48. The van der Waals surface area contributed by atoms with Crippen molar-refractivity contribution in [3.63, 3.8) is 0 Å². The monoisotopic (exact) mass is 387 g/mol. The fourth-order valence-corrected chi connectivity index (χ4v) is 4.77. The van der Waals surface area contributed by atoms with Gasteiger partial charge >= 0.3 is 0 Å². The average Bonchev–Trinajstić information content (AvgIpc) is 2.89. The summed E-state index contributed by atoms with van der Waals surface area (Å²) >= 11 is 0. The molecule has 0 aliphatic carbocycles. The molecule has 28 heavy (non-hydrogen) atoms. The molecule has 6 nitrogen and oxygen atoms in total. The number of piperidine rings is 1. The molecule has 0 spiro atoms. The minimum Gasteiger partial charge on any atom is -0.497 e. The van der Waals surface area contributed by atoms with E-state index in [0.717, 1.165) is 67.2 Å². The van der Waals surface area contributed by atoms with Gasteiger partial charge in [0, 0.05) is 23.2 Å². The van der Waals surface area contributed by atoms with E-state index < -0.39 is 0 Å². The van der Waals surface area contributed by atoms with Gasteiger partial charge < -0.3 is 19.7 Å². The Bertz CT molecular complexity index is 741. The van der Waals surface area contributed by atoms with Crippen LogP contribution in [0.1, 0.15) is 43.7 Å². The molecule has 1 aromatic rings. The third-order valence-corrected chi connectivity index (χ3v) is 6.41. The van der Waals surface area contributed by atoms with Gasteiger partial charge in [-0.1, -0.05) is 19.9 Å². The number of likely N-dealkylation sites (N-methyl/N-ethyl adjacent to an activating group) is 1. The molecule has 1 N–H and O–H groups in total. The van der Waals surface area contributed by atoms with Crippen LogP contribution in [0.15, 0.2) is 23.9 Å². The van der Waals surface area contributed by atoms with Crippen LogP contribution >= 0.6 is 0 Å². The fourth-order valence-electron chi connectivity index (χ4n) is 4.77. The molecule has 3 rings (SSSR count). The molecular formula is C22H33N3O3. The molecule has 0 radical (unpaired) electrons. The molecule has 2 aliphatic rings. The van der Waals surface area contributed by atoms with Crippen LogP contribution in [0, 0.1) is 0 Å². The number of hydrogen-bond donors (Lipinski definition) is 1. The Kier molecular flexibility index (Phi) is 6.30. The summed E-state index contributed by atoms with van der Waals surface area (Å²) in [4.78, 5) is 16.5. The van der Waals surface area contributed by atoms with Crippen molar-refractivity contribution in [3.05, 3.63) is 35.0 Å². The van der Waals surface area contributed by atoms with Gasteiger partial charge in [0.15, 0.2) is 0 Å². The lowest BCUT2D eigenvalue weighted by molar-refractivity contribution is -0.118. The Hall–Kier alpha value is -2.05. The smallest absolute Gasteiger partial charge is 0.214 e. The van der Waals surface area contributed by atoms with Gasteiger partial charge in [-0.15, -0.1) is 0 Å². The minimum absolute atomic E-state index is 0.132. The van der Waals surface area contributed by atoms with E-state index >= 15 is 0 Å². The zero-order chi connectivity index (χ0) is 20.3. The van der Waals surface area contributed by atoms with E-state index in [0.29, 0.717) is 6.54 Å². The van der Waals surface area contributed by atoms with E-state index in [-0.39, 0.29) is 11.5 Å². The normalized spacial score (nSPS) is 21.6. The summed E-state index contributed by atoms with van der Waals surface area (Å²) in [6, 6.07) is 3.96. The first-order chi connectivity index (χ1) is 13.5. The number of rotatable bonds is 6. The Morgan fingerprint density at radius 2 is 2.00 bits per heavy atom. The van der Waals surface area contributed by atoms with Gasteiger partial charge in [0.2, 0.25) is 6.41 Å². The van der Waals surface area contributed by atoms with Crippen LogP contribution in [0.3, 0.4) is 0 Å². The summed E-state index contributed by atoms with van der Waals surface area (Å²) in [7, 11) is 5.51. The summed E-state index contributed by atoms with van der Waals surface area (Å²) in [5.74, 6) is 1.69. The van der Waals surface area contributed by atoms with Gasteiger partial charge in [0.05, 0.1) is 26.3 Å². The SMILES string of the molecule is CCN(C)C1(C2=C[C@H](C)c3c(cc(OC)cc3OC)CN2C=O)CCNCC1. The van der Waals surface area contributed by atoms with Crippen LogP contribution in [-0.2, 0) is 11.3 Å². The molecule has 1 saturated heterocycles. The van der Waals surface area contributed by atoms with E-state index in [1.54, 1.807) is 14.2 Å². The summed E-state index contributed by atoms with van der Waals surface area (Å²) in [5.41, 5.74) is 3.17. The van der Waals surface area contributed by atoms with Gasteiger partial charge in [-0.05, 0) is 51.2 Å². The van der Waals surface area contributed by atoms with E-state index in [1.165, 1.54) is 0 Å². The molecule has 2 aliphatic heterocycles. The summed E-state index contributed by atoms with van der Waals surface area (Å²) in [5, 5.41) is 3.47. The van der Waals surface area contributed by atoms with E-state index in [2.05, 4.69) is 37.2 Å². The number of allylic oxidation sites excluding steroid dienone is 1. The number of carbonyl (C=O) groups excluding carboxylic acids is 1. The number of amides is 1. The quantitative estimate of drug-likeness (QED) is 0.761. The lowest BCUT2D eigenvalue weighted by Crippen LogP contribution is -2.57. The van der Waals surface area contributed by atoms with Crippen molar-refractivity contribution in [2.75, 3.05) is 40.9 Å². The second-order valence-corrected chi connectivity index (χ2v) is 7.77. The third-order valence-electron chi connectivity index (χ3n) is 6.41. The molecular weight excluding hydrogens is 354 g/mol. The van der Waals surface area contributed by atoms with Crippen molar-refractivity contribution in [2.24, 2.45) is 0 Å². The maximum Gasteiger partial charge on any atom is 0.214 e. The molecule has 1 fully saturated rings. The Morgan fingerprint density at radius 3 is 2.57 bits per heavy atom. The number of nitrogens with zero attached hydrogens (tertiary/aromatic N) is 2. The predicted molar refractivity (Wildman–Crippen MR) is 111 cm³/mol. The topological polar surface area (TPSA) is 54.0 Å². The molecule has 0 aromatic heterocycles. The molecule has 0 bridgehead atoms. The summed E-state index contributed by atoms with van der Waals surface area (Å²) < 4.78 is 11.2. The molecule has 2 heterocycles. The molecule has 6 heteroatoms. The van der Waals surface area contributed by atoms with Crippen LogP contribution in [0.25, 0.3) is 0 Å². The lowest BCUT2D eigenvalue weighted by atomic mass is 9.81. The predicted octanol–water partition coefficient (Wildman–Crippen LogP) is 2.74. The van der Waals surface area contributed by atoms with Crippen LogP contribution < -0.4 is 14.8 Å². The summed E-state index contributed by atoms with van der Waals surface area (Å²) in [6.45, 7) is 7.72. The van der Waals surface area contributed by atoms with Gasteiger partial charge in [0.25, 0.3) is 0 Å². The van der Waals surface area contributed by atoms with E-state index in [9.17, 15) is 4.79 Å². The Morgan fingerprint density at radius 1 is 1.29 bits per heavy atom.